The van der Waals surface area contributed by atoms with Gasteiger partial charge in [-0.2, -0.15) is 0 Å². The first kappa shape index (κ1) is 21.8. The number of likely N-dealkylation sites (N-methyl/N-ethyl adjacent to an activating group) is 1. The van der Waals surface area contributed by atoms with Crippen molar-refractivity contribution in [3.8, 4) is 5.75 Å². The van der Waals surface area contributed by atoms with Gasteiger partial charge in [-0.3, -0.25) is 14.5 Å². The third-order valence-corrected chi connectivity index (χ3v) is 6.29. The average molecular weight is 431 g/mol. The Morgan fingerprint density at radius 2 is 1.87 bits per heavy atom. The molecule has 1 atom stereocenters. The Morgan fingerprint density at radius 3 is 2.53 bits per heavy atom. The molecule has 1 heterocycles. The maximum atomic E-state index is 12.3. The summed E-state index contributed by atoms with van der Waals surface area (Å²) in [5, 5.41) is 2.93. The first-order chi connectivity index (χ1) is 14.3. The predicted molar refractivity (Wildman–Crippen MR) is 115 cm³/mol. The van der Waals surface area contributed by atoms with Crippen molar-refractivity contribution in [2.75, 3.05) is 34.3 Å². The van der Waals surface area contributed by atoms with Crippen molar-refractivity contribution in [2.45, 2.75) is 17.4 Å². The number of aliphatic imine (C=N–C) groups is 1. The molecular weight excluding hydrogens is 404 g/mol. The quantitative estimate of drug-likeness (QED) is 0.662. The van der Waals surface area contributed by atoms with Crippen LogP contribution in [-0.4, -0.2) is 59.4 Å². The van der Waals surface area contributed by atoms with E-state index >= 15 is 0 Å². The highest BCUT2D eigenvalue weighted by Crippen LogP contribution is 2.22. The van der Waals surface area contributed by atoms with Gasteiger partial charge in [-0.25, -0.2) is 8.42 Å². The normalized spacial score (nSPS) is 16.7. The summed E-state index contributed by atoms with van der Waals surface area (Å²) in [6.45, 7) is 0.636. The van der Waals surface area contributed by atoms with Gasteiger partial charge in [0.15, 0.2) is 0 Å². The lowest BCUT2D eigenvalue weighted by Gasteiger charge is -2.25. The molecule has 0 saturated carbocycles. The van der Waals surface area contributed by atoms with Crippen LogP contribution in [-0.2, 0) is 14.8 Å². The van der Waals surface area contributed by atoms with E-state index in [1.807, 2.05) is 43.3 Å². The number of benzene rings is 2. The predicted octanol–water partition coefficient (Wildman–Crippen LogP) is 1.54. The van der Waals surface area contributed by atoms with E-state index in [4.69, 9.17) is 4.74 Å². The number of fused-ring (bicyclic) bond motifs is 1. The third kappa shape index (κ3) is 4.98. The minimum atomic E-state index is -3.57. The number of sulfonamides is 1. The largest absolute Gasteiger partial charge is 0.497 e. The standard InChI is InChI=1S/C21H26N4O4S/c1-25(2)18(15-8-10-16(29-3)11-9-15)14-23-20(26)12-13-22-21-17-6-4-5-7-19(17)30(27,28)24-21/h4-11,18H,12-14H2,1-3H3,(H,22,24)(H,23,26). The summed E-state index contributed by atoms with van der Waals surface area (Å²) >= 11 is 0. The Hall–Kier alpha value is -2.91. The molecule has 2 aromatic rings. The molecule has 0 bridgehead atoms. The lowest BCUT2D eigenvalue weighted by Crippen LogP contribution is -2.34. The van der Waals surface area contributed by atoms with E-state index in [1.165, 1.54) is 6.07 Å². The number of carbonyl (C=O) groups excluding carboxylic acids is 1. The second kappa shape index (κ2) is 9.27. The molecule has 1 unspecified atom stereocenters. The number of amidine groups is 1. The van der Waals surface area contributed by atoms with Gasteiger partial charge in [0.05, 0.1) is 24.6 Å². The number of nitrogens with one attached hydrogen (secondary N) is 2. The van der Waals surface area contributed by atoms with Crippen LogP contribution in [0, 0.1) is 0 Å². The zero-order valence-electron chi connectivity index (χ0n) is 17.3. The van der Waals surface area contributed by atoms with Crippen LogP contribution in [0.3, 0.4) is 0 Å². The van der Waals surface area contributed by atoms with Crippen LogP contribution >= 0.6 is 0 Å². The summed E-state index contributed by atoms with van der Waals surface area (Å²) in [6, 6.07) is 14.4. The summed E-state index contributed by atoms with van der Waals surface area (Å²) in [5.41, 5.74) is 1.60. The molecule has 3 rings (SSSR count). The molecule has 9 heteroatoms. The summed E-state index contributed by atoms with van der Waals surface area (Å²) in [6.07, 6.45) is 0.163. The first-order valence-electron chi connectivity index (χ1n) is 9.55. The number of amides is 1. The number of rotatable bonds is 8. The molecule has 0 aromatic heterocycles. The average Bonchev–Trinajstić information content (AvgIpc) is 2.99. The number of hydrogen-bond acceptors (Lipinski definition) is 6. The van der Waals surface area contributed by atoms with Crippen LogP contribution in [0.15, 0.2) is 58.4 Å². The smallest absolute Gasteiger partial charge is 0.263 e. The number of hydrogen-bond donors (Lipinski definition) is 2. The van der Waals surface area contributed by atoms with Crippen LogP contribution in [0.4, 0.5) is 0 Å². The molecule has 1 aliphatic heterocycles. The Bertz CT molecular complexity index is 1030. The van der Waals surface area contributed by atoms with E-state index in [9.17, 15) is 13.2 Å². The van der Waals surface area contributed by atoms with Crippen molar-refractivity contribution in [2.24, 2.45) is 4.99 Å². The fourth-order valence-electron chi connectivity index (χ4n) is 3.24. The molecule has 0 saturated heterocycles. The summed E-state index contributed by atoms with van der Waals surface area (Å²) < 4.78 is 31.8. The van der Waals surface area contributed by atoms with Gasteiger partial charge in [0.25, 0.3) is 10.0 Å². The van der Waals surface area contributed by atoms with Crippen molar-refractivity contribution >= 4 is 21.8 Å². The van der Waals surface area contributed by atoms with Gasteiger partial charge in [-0.05, 0) is 43.9 Å². The summed E-state index contributed by atoms with van der Waals surface area (Å²) in [4.78, 5) is 18.8. The molecule has 2 N–H and O–H groups in total. The second-order valence-corrected chi connectivity index (χ2v) is 8.79. The Kier molecular flexibility index (Phi) is 6.73. The van der Waals surface area contributed by atoms with Gasteiger partial charge in [0.1, 0.15) is 11.6 Å². The van der Waals surface area contributed by atoms with Crippen molar-refractivity contribution in [1.29, 1.82) is 0 Å². The van der Waals surface area contributed by atoms with E-state index in [0.29, 0.717) is 12.1 Å². The summed E-state index contributed by atoms with van der Waals surface area (Å²) in [7, 11) is 1.96. The fraction of sp³-hybridized carbons (Fsp3) is 0.333. The van der Waals surface area contributed by atoms with E-state index in [0.717, 1.165) is 11.3 Å². The van der Waals surface area contributed by atoms with Gasteiger partial charge < -0.3 is 15.0 Å². The number of methoxy groups -OCH3 is 1. The molecule has 30 heavy (non-hydrogen) atoms. The molecule has 2 aromatic carbocycles. The van der Waals surface area contributed by atoms with E-state index < -0.39 is 10.0 Å². The van der Waals surface area contributed by atoms with Crippen LogP contribution in [0.1, 0.15) is 23.6 Å². The zero-order valence-corrected chi connectivity index (χ0v) is 18.1. The topological polar surface area (TPSA) is 100 Å². The van der Waals surface area contributed by atoms with Gasteiger partial charge in [0, 0.05) is 18.5 Å². The van der Waals surface area contributed by atoms with Gasteiger partial charge in [-0.15, -0.1) is 0 Å². The van der Waals surface area contributed by atoms with Crippen molar-refractivity contribution < 1.29 is 17.9 Å². The molecule has 0 spiro atoms. The Morgan fingerprint density at radius 1 is 1.17 bits per heavy atom. The highest BCUT2D eigenvalue weighted by atomic mass is 32.2. The zero-order chi connectivity index (χ0) is 21.7. The van der Waals surface area contributed by atoms with E-state index in [1.54, 1.807) is 25.3 Å². The van der Waals surface area contributed by atoms with Crippen LogP contribution in [0.2, 0.25) is 0 Å². The van der Waals surface area contributed by atoms with Crippen LogP contribution in [0.5, 0.6) is 5.75 Å². The molecule has 0 radical (unpaired) electrons. The summed E-state index contributed by atoms with van der Waals surface area (Å²) in [5.74, 6) is 0.917. The molecule has 1 amide bonds. The number of ether oxygens (including phenoxy) is 1. The minimum Gasteiger partial charge on any atom is -0.497 e. The first-order valence-corrected chi connectivity index (χ1v) is 11.0. The Labute approximate surface area is 177 Å². The highest BCUT2D eigenvalue weighted by Gasteiger charge is 2.29. The molecular formula is C21H26N4O4S. The fourth-order valence-corrected chi connectivity index (χ4v) is 4.50. The number of carbonyl (C=O) groups is 1. The van der Waals surface area contributed by atoms with E-state index in [2.05, 4.69) is 15.0 Å². The molecule has 0 fully saturated rings. The second-order valence-electron chi connectivity index (χ2n) is 7.14. The molecule has 1 aliphatic rings. The van der Waals surface area contributed by atoms with Crippen molar-refractivity contribution in [3.63, 3.8) is 0 Å². The minimum absolute atomic E-state index is 0.0136. The Balaban J connectivity index is 1.56. The van der Waals surface area contributed by atoms with Crippen molar-refractivity contribution in [1.82, 2.24) is 14.9 Å². The third-order valence-electron chi connectivity index (χ3n) is 4.89. The monoisotopic (exact) mass is 430 g/mol. The maximum Gasteiger partial charge on any atom is 0.263 e. The molecule has 160 valence electrons. The highest BCUT2D eigenvalue weighted by molar-refractivity contribution is 7.90. The SMILES string of the molecule is COc1ccc(C(CNC(=O)CCN=C2NS(=O)(=O)c3ccccc32)N(C)C)cc1. The lowest BCUT2D eigenvalue weighted by atomic mass is 10.1. The van der Waals surface area contributed by atoms with Crippen LogP contribution < -0.4 is 14.8 Å². The molecule has 0 aliphatic carbocycles. The van der Waals surface area contributed by atoms with Crippen molar-refractivity contribution in [3.05, 3.63) is 59.7 Å². The maximum absolute atomic E-state index is 12.3. The lowest BCUT2D eigenvalue weighted by molar-refractivity contribution is -0.121. The van der Waals surface area contributed by atoms with Gasteiger partial charge in [-0.1, -0.05) is 24.3 Å². The number of nitrogens with zero attached hydrogens (tertiary/aromatic N) is 2. The van der Waals surface area contributed by atoms with Gasteiger partial charge in [0.2, 0.25) is 5.91 Å². The van der Waals surface area contributed by atoms with E-state index in [-0.39, 0.29) is 35.6 Å². The van der Waals surface area contributed by atoms with Crippen LogP contribution in [0.25, 0.3) is 0 Å². The van der Waals surface area contributed by atoms with Gasteiger partial charge >= 0.3 is 0 Å². The molecule has 8 nitrogen and oxygen atoms in total.